The Morgan fingerprint density at radius 2 is 2.14 bits per heavy atom. The second-order valence-corrected chi connectivity index (χ2v) is 4.08. The number of amides is 1. The summed E-state index contributed by atoms with van der Waals surface area (Å²) in [5.41, 5.74) is 3.28. The Bertz CT molecular complexity index is 369. The van der Waals surface area contributed by atoms with E-state index in [-0.39, 0.29) is 5.91 Å². The van der Waals surface area contributed by atoms with Crippen molar-refractivity contribution >= 4 is 5.91 Å². The largest absolute Gasteiger partial charge is 0.352 e. The Balaban J connectivity index is 2.46. The third kappa shape index (κ3) is 1.52. The molecule has 2 heteroatoms. The van der Waals surface area contributed by atoms with Crippen LogP contribution in [0, 0.1) is 0 Å². The van der Waals surface area contributed by atoms with Crippen LogP contribution in [-0.2, 0) is 6.42 Å². The molecule has 0 atom stereocenters. The molecule has 1 aliphatic heterocycles. The maximum absolute atomic E-state index is 11.5. The maximum Gasteiger partial charge on any atom is 0.251 e. The molecule has 0 spiro atoms. The molecular formula is C12H15NO. The van der Waals surface area contributed by atoms with Crippen molar-refractivity contribution in [3.8, 4) is 0 Å². The number of carbonyl (C=O) groups is 1. The van der Waals surface area contributed by atoms with Crippen molar-refractivity contribution in [1.29, 1.82) is 0 Å². The van der Waals surface area contributed by atoms with Crippen molar-refractivity contribution in [2.75, 3.05) is 6.54 Å². The lowest BCUT2D eigenvalue weighted by Crippen LogP contribution is -2.31. The first-order valence-electron chi connectivity index (χ1n) is 5.09. The smallest absolute Gasteiger partial charge is 0.251 e. The molecule has 1 heterocycles. The summed E-state index contributed by atoms with van der Waals surface area (Å²) < 4.78 is 0. The van der Waals surface area contributed by atoms with E-state index in [0.29, 0.717) is 5.92 Å². The van der Waals surface area contributed by atoms with Crippen molar-refractivity contribution in [2.24, 2.45) is 0 Å². The van der Waals surface area contributed by atoms with Crippen molar-refractivity contribution < 1.29 is 4.79 Å². The standard InChI is InChI=1S/C12H15NO/c1-8(2)10-4-3-9-5-6-13-12(14)11(9)7-10/h3-4,7-8H,5-6H2,1-2H3,(H,13,14). The minimum Gasteiger partial charge on any atom is -0.352 e. The second kappa shape index (κ2) is 3.45. The fraction of sp³-hybridized carbons (Fsp3) is 0.417. The maximum atomic E-state index is 11.5. The van der Waals surface area contributed by atoms with Crippen LogP contribution in [0.1, 0.15) is 41.3 Å². The van der Waals surface area contributed by atoms with E-state index in [2.05, 4.69) is 31.3 Å². The summed E-state index contributed by atoms with van der Waals surface area (Å²) in [5.74, 6) is 0.559. The number of fused-ring (bicyclic) bond motifs is 1. The molecule has 0 fully saturated rings. The molecule has 1 aromatic carbocycles. The summed E-state index contributed by atoms with van der Waals surface area (Å²) in [6.45, 7) is 5.05. The summed E-state index contributed by atoms with van der Waals surface area (Å²) in [7, 11) is 0. The topological polar surface area (TPSA) is 29.1 Å². The van der Waals surface area contributed by atoms with Gasteiger partial charge in [0, 0.05) is 12.1 Å². The predicted molar refractivity (Wildman–Crippen MR) is 56.6 cm³/mol. The molecule has 0 saturated heterocycles. The number of hydrogen-bond donors (Lipinski definition) is 1. The van der Waals surface area contributed by atoms with E-state index in [9.17, 15) is 4.79 Å². The molecule has 1 amide bonds. The molecule has 0 saturated carbocycles. The Morgan fingerprint density at radius 1 is 1.36 bits per heavy atom. The predicted octanol–water partition coefficient (Wildman–Crippen LogP) is 2.10. The normalized spacial score (nSPS) is 15.2. The van der Waals surface area contributed by atoms with E-state index in [1.807, 2.05) is 6.07 Å². The molecular weight excluding hydrogens is 174 g/mol. The Kier molecular flexibility index (Phi) is 2.28. The average molecular weight is 189 g/mol. The zero-order valence-corrected chi connectivity index (χ0v) is 8.63. The third-order valence-corrected chi connectivity index (χ3v) is 2.73. The highest BCUT2D eigenvalue weighted by atomic mass is 16.1. The average Bonchev–Trinajstić information content (AvgIpc) is 2.18. The van der Waals surface area contributed by atoms with E-state index >= 15 is 0 Å². The van der Waals surface area contributed by atoms with Gasteiger partial charge in [-0.1, -0.05) is 26.0 Å². The van der Waals surface area contributed by atoms with E-state index in [1.165, 1.54) is 11.1 Å². The number of hydrogen-bond acceptors (Lipinski definition) is 1. The summed E-state index contributed by atoms with van der Waals surface area (Å²) >= 11 is 0. The van der Waals surface area contributed by atoms with E-state index < -0.39 is 0 Å². The highest BCUT2D eigenvalue weighted by molar-refractivity contribution is 5.96. The minimum atomic E-state index is 0.0775. The first-order chi connectivity index (χ1) is 6.68. The molecule has 1 N–H and O–H groups in total. The van der Waals surface area contributed by atoms with Gasteiger partial charge in [-0.25, -0.2) is 0 Å². The first kappa shape index (κ1) is 9.25. The van der Waals surface area contributed by atoms with E-state index in [1.54, 1.807) is 0 Å². The SMILES string of the molecule is CC(C)c1ccc2c(c1)C(=O)NCC2. The van der Waals surface area contributed by atoms with Gasteiger partial charge in [-0.05, 0) is 29.5 Å². The van der Waals surface area contributed by atoms with Crippen LogP contribution in [0.4, 0.5) is 0 Å². The van der Waals surface area contributed by atoms with Gasteiger partial charge in [0.05, 0.1) is 0 Å². The van der Waals surface area contributed by atoms with Gasteiger partial charge < -0.3 is 5.32 Å². The van der Waals surface area contributed by atoms with Gasteiger partial charge in [-0.3, -0.25) is 4.79 Å². The van der Waals surface area contributed by atoms with E-state index in [4.69, 9.17) is 0 Å². The summed E-state index contributed by atoms with van der Waals surface area (Å²) in [6, 6.07) is 6.24. The zero-order valence-electron chi connectivity index (χ0n) is 8.63. The van der Waals surface area contributed by atoms with Gasteiger partial charge in [0.15, 0.2) is 0 Å². The third-order valence-electron chi connectivity index (χ3n) is 2.73. The number of rotatable bonds is 1. The molecule has 0 aromatic heterocycles. The van der Waals surface area contributed by atoms with Crippen LogP contribution < -0.4 is 5.32 Å². The van der Waals surface area contributed by atoms with Gasteiger partial charge in [-0.15, -0.1) is 0 Å². The van der Waals surface area contributed by atoms with Gasteiger partial charge >= 0.3 is 0 Å². The number of benzene rings is 1. The van der Waals surface area contributed by atoms with Crippen molar-refractivity contribution in [2.45, 2.75) is 26.2 Å². The molecule has 0 unspecified atom stereocenters. The molecule has 0 bridgehead atoms. The molecule has 0 radical (unpaired) electrons. The fourth-order valence-corrected chi connectivity index (χ4v) is 1.79. The van der Waals surface area contributed by atoms with Gasteiger partial charge in [0.1, 0.15) is 0 Å². The van der Waals surface area contributed by atoms with Gasteiger partial charge in [0.2, 0.25) is 0 Å². The van der Waals surface area contributed by atoms with Crippen molar-refractivity contribution in [1.82, 2.24) is 5.32 Å². The highest BCUT2D eigenvalue weighted by Crippen LogP contribution is 2.20. The Hall–Kier alpha value is -1.31. The summed E-state index contributed by atoms with van der Waals surface area (Å²) in [4.78, 5) is 11.5. The molecule has 1 aromatic rings. The van der Waals surface area contributed by atoms with Crippen LogP contribution >= 0.6 is 0 Å². The highest BCUT2D eigenvalue weighted by Gasteiger charge is 2.16. The van der Waals surface area contributed by atoms with Crippen LogP contribution in [0.2, 0.25) is 0 Å². The van der Waals surface area contributed by atoms with Crippen LogP contribution in [0.3, 0.4) is 0 Å². The second-order valence-electron chi connectivity index (χ2n) is 4.08. The fourth-order valence-electron chi connectivity index (χ4n) is 1.79. The van der Waals surface area contributed by atoms with Gasteiger partial charge in [0.25, 0.3) is 5.91 Å². The van der Waals surface area contributed by atoms with Crippen LogP contribution in [0.25, 0.3) is 0 Å². The van der Waals surface area contributed by atoms with Gasteiger partial charge in [-0.2, -0.15) is 0 Å². The summed E-state index contributed by atoms with van der Waals surface area (Å²) in [6.07, 6.45) is 0.958. The summed E-state index contributed by atoms with van der Waals surface area (Å²) in [5, 5.41) is 2.87. The monoisotopic (exact) mass is 189 g/mol. The molecule has 14 heavy (non-hydrogen) atoms. The quantitative estimate of drug-likeness (QED) is 0.720. The van der Waals surface area contributed by atoms with Crippen molar-refractivity contribution in [3.63, 3.8) is 0 Å². The Labute approximate surface area is 84.3 Å². The zero-order chi connectivity index (χ0) is 10.1. The van der Waals surface area contributed by atoms with E-state index in [0.717, 1.165) is 18.5 Å². The molecule has 1 aliphatic rings. The van der Waals surface area contributed by atoms with Crippen molar-refractivity contribution in [3.05, 3.63) is 34.9 Å². The van der Waals surface area contributed by atoms with Crippen LogP contribution in [-0.4, -0.2) is 12.5 Å². The number of nitrogens with one attached hydrogen (secondary N) is 1. The molecule has 2 rings (SSSR count). The molecule has 74 valence electrons. The Morgan fingerprint density at radius 3 is 2.86 bits per heavy atom. The van der Waals surface area contributed by atoms with Crippen LogP contribution in [0.15, 0.2) is 18.2 Å². The lowest BCUT2D eigenvalue weighted by molar-refractivity contribution is 0.0946. The molecule has 0 aliphatic carbocycles. The van der Waals surface area contributed by atoms with Crippen LogP contribution in [0.5, 0.6) is 0 Å². The number of carbonyl (C=O) groups excluding carboxylic acids is 1. The molecule has 2 nitrogen and oxygen atoms in total. The first-order valence-corrected chi connectivity index (χ1v) is 5.09. The minimum absolute atomic E-state index is 0.0775. The lowest BCUT2D eigenvalue weighted by Gasteiger charge is -2.18. The lowest BCUT2D eigenvalue weighted by atomic mass is 9.94.